The number of nitrogens with zero attached hydrogens (tertiary/aromatic N) is 1. The van der Waals surface area contributed by atoms with E-state index in [0.717, 1.165) is 45.3 Å². The Morgan fingerprint density at radius 2 is 2.32 bits per heavy atom. The van der Waals surface area contributed by atoms with Gasteiger partial charge in [0.2, 0.25) is 11.8 Å². The van der Waals surface area contributed by atoms with Gasteiger partial charge in [-0.25, -0.2) is 0 Å². The van der Waals surface area contributed by atoms with Crippen molar-refractivity contribution in [3.05, 3.63) is 21.9 Å². The SMILES string of the molecule is CC(CCC1CCCO1)NC(=O)CCC(=O)N1CCc2sccc2C1. The average Bonchev–Trinajstić information content (AvgIpc) is 3.28. The molecule has 5 nitrogen and oxygen atoms in total. The molecule has 2 unspecified atom stereocenters. The maximum Gasteiger partial charge on any atom is 0.223 e. The number of carbonyl (C=O) groups is 2. The van der Waals surface area contributed by atoms with Gasteiger partial charge in [-0.2, -0.15) is 0 Å². The molecule has 1 saturated heterocycles. The summed E-state index contributed by atoms with van der Waals surface area (Å²) in [4.78, 5) is 27.7. The normalized spacial score (nSPS) is 21.0. The van der Waals surface area contributed by atoms with Crippen molar-refractivity contribution in [2.75, 3.05) is 13.2 Å². The zero-order chi connectivity index (χ0) is 17.6. The fourth-order valence-corrected chi connectivity index (χ4v) is 4.46. The Hall–Kier alpha value is -1.40. The topological polar surface area (TPSA) is 58.6 Å². The summed E-state index contributed by atoms with van der Waals surface area (Å²) >= 11 is 1.77. The Bertz CT molecular complexity index is 595. The first-order valence-electron chi connectivity index (χ1n) is 9.36. The molecule has 1 aromatic rings. The largest absolute Gasteiger partial charge is 0.378 e. The first kappa shape index (κ1) is 18.4. The molecular weight excluding hydrogens is 336 g/mol. The van der Waals surface area contributed by atoms with Crippen molar-refractivity contribution < 1.29 is 14.3 Å². The van der Waals surface area contributed by atoms with Gasteiger partial charge in [0.1, 0.15) is 0 Å². The zero-order valence-electron chi connectivity index (χ0n) is 15.0. The summed E-state index contributed by atoms with van der Waals surface area (Å²) in [6, 6.07) is 2.23. The molecule has 3 rings (SSSR count). The van der Waals surface area contributed by atoms with Crippen LogP contribution in [0.5, 0.6) is 0 Å². The fourth-order valence-electron chi connectivity index (χ4n) is 3.57. The van der Waals surface area contributed by atoms with Crippen LogP contribution in [0.2, 0.25) is 0 Å². The number of hydrogen-bond donors (Lipinski definition) is 1. The molecule has 2 amide bonds. The second-order valence-corrected chi connectivity index (χ2v) is 8.12. The number of amides is 2. The van der Waals surface area contributed by atoms with Crippen LogP contribution in [0.4, 0.5) is 0 Å². The molecule has 1 aromatic heterocycles. The highest BCUT2D eigenvalue weighted by Gasteiger charge is 2.22. The predicted octanol–water partition coefficient (Wildman–Crippen LogP) is 2.88. The van der Waals surface area contributed by atoms with Crippen molar-refractivity contribution in [1.29, 1.82) is 0 Å². The third-order valence-corrected chi connectivity index (χ3v) is 6.10. The molecule has 0 spiro atoms. The summed E-state index contributed by atoms with van der Waals surface area (Å²) in [5, 5.41) is 5.10. The summed E-state index contributed by atoms with van der Waals surface area (Å²) in [7, 11) is 0. The fraction of sp³-hybridized carbons (Fsp3) is 0.684. The van der Waals surface area contributed by atoms with E-state index >= 15 is 0 Å². The number of carbonyl (C=O) groups excluding carboxylic acids is 2. The van der Waals surface area contributed by atoms with Gasteiger partial charge in [-0.15, -0.1) is 11.3 Å². The number of hydrogen-bond acceptors (Lipinski definition) is 4. The van der Waals surface area contributed by atoms with E-state index in [1.165, 1.54) is 10.4 Å². The summed E-state index contributed by atoms with van der Waals surface area (Å²) < 4.78 is 5.61. The molecule has 2 aliphatic rings. The van der Waals surface area contributed by atoms with Crippen LogP contribution in [0.25, 0.3) is 0 Å². The number of fused-ring (bicyclic) bond motifs is 1. The number of ether oxygens (including phenoxy) is 1. The van der Waals surface area contributed by atoms with Crippen LogP contribution >= 0.6 is 11.3 Å². The van der Waals surface area contributed by atoms with Gasteiger partial charge in [-0.05, 0) is 56.0 Å². The summed E-state index contributed by atoms with van der Waals surface area (Å²) in [5.41, 5.74) is 1.26. The van der Waals surface area contributed by atoms with Crippen molar-refractivity contribution in [2.24, 2.45) is 0 Å². The highest BCUT2D eigenvalue weighted by molar-refractivity contribution is 7.10. The molecule has 0 saturated carbocycles. The first-order chi connectivity index (χ1) is 12.1. The van der Waals surface area contributed by atoms with Gasteiger partial charge >= 0.3 is 0 Å². The third kappa shape index (κ3) is 5.28. The minimum absolute atomic E-state index is 0.0265. The number of nitrogens with one attached hydrogen (secondary N) is 1. The molecule has 0 aromatic carbocycles. The Morgan fingerprint density at radius 3 is 3.12 bits per heavy atom. The van der Waals surface area contributed by atoms with Gasteiger partial charge in [-0.1, -0.05) is 0 Å². The number of thiophene rings is 1. The smallest absolute Gasteiger partial charge is 0.223 e. The van der Waals surface area contributed by atoms with Crippen LogP contribution in [0.1, 0.15) is 55.9 Å². The molecule has 0 bridgehead atoms. The van der Waals surface area contributed by atoms with Crippen LogP contribution < -0.4 is 5.32 Å². The van der Waals surface area contributed by atoms with Crippen LogP contribution in [0, 0.1) is 0 Å². The molecule has 0 aliphatic carbocycles. The lowest BCUT2D eigenvalue weighted by molar-refractivity contribution is -0.134. The quantitative estimate of drug-likeness (QED) is 0.809. The van der Waals surface area contributed by atoms with E-state index in [1.807, 2.05) is 11.8 Å². The average molecular weight is 365 g/mol. The molecular formula is C19H28N2O3S. The maximum atomic E-state index is 12.4. The monoisotopic (exact) mass is 364 g/mol. The van der Waals surface area contributed by atoms with Gasteiger partial charge in [0, 0.05) is 43.5 Å². The van der Waals surface area contributed by atoms with Crippen LogP contribution in [0.15, 0.2) is 11.4 Å². The van der Waals surface area contributed by atoms with Gasteiger partial charge in [0.15, 0.2) is 0 Å². The molecule has 25 heavy (non-hydrogen) atoms. The van der Waals surface area contributed by atoms with Crippen molar-refractivity contribution in [3.8, 4) is 0 Å². The van der Waals surface area contributed by atoms with Crippen LogP contribution in [-0.4, -0.2) is 42.0 Å². The van der Waals surface area contributed by atoms with Gasteiger partial charge < -0.3 is 15.0 Å². The summed E-state index contributed by atoms with van der Waals surface area (Å²) in [5.74, 6) is 0.0560. The Kier molecular flexibility index (Phi) is 6.48. The van der Waals surface area contributed by atoms with E-state index in [4.69, 9.17) is 4.74 Å². The minimum atomic E-state index is -0.0265. The second kappa shape index (κ2) is 8.81. The standard InChI is InChI=1S/C19H28N2O3S/c1-14(4-5-16-3-2-11-24-16)20-18(22)6-7-19(23)21-10-8-17-15(13-21)9-12-25-17/h9,12,14,16H,2-8,10-11,13H2,1H3,(H,20,22). The van der Waals surface area contributed by atoms with Crippen molar-refractivity contribution in [2.45, 2.75) is 70.6 Å². The first-order valence-corrected chi connectivity index (χ1v) is 10.2. The maximum absolute atomic E-state index is 12.4. The molecule has 0 radical (unpaired) electrons. The van der Waals surface area contributed by atoms with E-state index in [9.17, 15) is 9.59 Å². The highest BCUT2D eigenvalue weighted by atomic mass is 32.1. The minimum Gasteiger partial charge on any atom is -0.378 e. The highest BCUT2D eigenvalue weighted by Crippen LogP contribution is 2.24. The lowest BCUT2D eigenvalue weighted by atomic mass is 10.1. The van der Waals surface area contributed by atoms with Crippen LogP contribution in [-0.2, 0) is 27.3 Å². The van der Waals surface area contributed by atoms with E-state index in [0.29, 0.717) is 19.1 Å². The predicted molar refractivity (Wildman–Crippen MR) is 98.5 cm³/mol. The third-order valence-electron chi connectivity index (χ3n) is 5.08. The molecule has 3 heterocycles. The molecule has 2 aliphatic heterocycles. The van der Waals surface area contributed by atoms with Crippen molar-refractivity contribution in [1.82, 2.24) is 10.2 Å². The van der Waals surface area contributed by atoms with Crippen LogP contribution in [0.3, 0.4) is 0 Å². The van der Waals surface area contributed by atoms with E-state index in [-0.39, 0.29) is 24.3 Å². The number of rotatable bonds is 7. The Labute approximate surface area is 153 Å². The lowest BCUT2D eigenvalue weighted by Crippen LogP contribution is -2.37. The second-order valence-electron chi connectivity index (χ2n) is 7.12. The van der Waals surface area contributed by atoms with E-state index < -0.39 is 0 Å². The van der Waals surface area contributed by atoms with E-state index in [1.54, 1.807) is 11.3 Å². The summed E-state index contributed by atoms with van der Waals surface area (Å²) in [6.45, 7) is 4.36. The lowest BCUT2D eigenvalue weighted by Gasteiger charge is -2.27. The van der Waals surface area contributed by atoms with Crippen molar-refractivity contribution in [3.63, 3.8) is 0 Å². The van der Waals surface area contributed by atoms with Gasteiger partial charge in [0.25, 0.3) is 0 Å². The van der Waals surface area contributed by atoms with Gasteiger partial charge in [0.05, 0.1) is 6.10 Å². The molecule has 2 atom stereocenters. The molecule has 1 fully saturated rings. The Balaban J connectivity index is 1.33. The summed E-state index contributed by atoms with van der Waals surface area (Å²) in [6.07, 6.45) is 6.08. The molecule has 1 N–H and O–H groups in total. The zero-order valence-corrected chi connectivity index (χ0v) is 15.8. The molecule has 6 heteroatoms. The van der Waals surface area contributed by atoms with E-state index in [2.05, 4.69) is 16.8 Å². The Morgan fingerprint density at radius 1 is 1.44 bits per heavy atom. The van der Waals surface area contributed by atoms with Crippen molar-refractivity contribution >= 4 is 23.2 Å². The molecule has 138 valence electrons. The van der Waals surface area contributed by atoms with Gasteiger partial charge in [-0.3, -0.25) is 9.59 Å².